The highest BCUT2D eigenvalue weighted by Crippen LogP contribution is 2.35. The molecule has 9 heteroatoms. The second kappa shape index (κ2) is 8.77. The third-order valence-corrected chi connectivity index (χ3v) is 4.66. The highest BCUT2D eigenvalue weighted by atomic mass is 35.5. The fourth-order valence-corrected chi connectivity index (χ4v) is 3.32. The summed E-state index contributed by atoms with van der Waals surface area (Å²) < 4.78 is 5.61. The van der Waals surface area contributed by atoms with E-state index < -0.39 is 17.8 Å². The van der Waals surface area contributed by atoms with Crippen LogP contribution in [0.3, 0.4) is 0 Å². The molecule has 156 valence electrons. The quantitative estimate of drug-likeness (QED) is 0.521. The number of amides is 4. The summed E-state index contributed by atoms with van der Waals surface area (Å²) >= 11 is 12.5. The number of benzene rings is 2. The molecule has 1 saturated heterocycles. The normalized spacial score (nSPS) is 15.7. The fourth-order valence-electron chi connectivity index (χ4n) is 2.71. The Labute approximate surface area is 182 Å². The van der Waals surface area contributed by atoms with Gasteiger partial charge in [-0.1, -0.05) is 37.0 Å². The molecule has 0 aromatic heterocycles. The van der Waals surface area contributed by atoms with E-state index in [0.717, 1.165) is 4.90 Å². The summed E-state index contributed by atoms with van der Waals surface area (Å²) in [5, 5.41) is 12.0. The number of carbonyl (C=O) groups is 3. The topological polar surface area (TPSA) is 95.9 Å². The molecular formula is C21H18Cl2N2O5. The van der Waals surface area contributed by atoms with Crippen LogP contribution >= 0.6 is 23.2 Å². The number of aromatic hydroxyl groups is 1. The molecule has 1 fully saturated rings. The highest BCUT2D eigenvalue weighted by Gasteiger charge is 2.36. The number of nitrogens with zero attached hydrogens (tertiary/aromatic N) is 1. The van der Waals surface area contributed by atoms with Gasteiger partial charge in [0.15, 0.2) is 5.75 Å². The lowest BCUT2D eigenvalue weighted by Crippen LogP contribution is -2.54. The van der Waals surface area contributed by atoms with Gasteiger partial charge in [-0.15, -0.1) is 0 Å². The molecule has 0 radical (unpaired) electrons. The van der Waals surface area contributed by atoms with Crippen molar-refractivity contribution >= 4 is 52.8 Å². The maximum atomic E-state index is 12.9. The van der Waals surface area contributed by atoms with Crippen LogP contribution in [0.4, 0.5) is 10.5 Å². The SMILES string of the molecule is CC(C)COc1c(Cl)cc(/C=C2\C(=O)NC(=O)N(c3ccc(O)cc3)C2=O)cc1Cl. The van der Waals surface area contributed by atoms with Gasteiger partial charge in [0.1, 0.15) is 11.3 Å². The molecule has 0 aliphatic carbocycles. The Morgan fingerprint density at radius 1 is 1.10 bits per heavy atom. The minimum Gasteiger partial charge on any atom is -0.508 e. The number of rotatable bonds is 5. The number of anilines is 1. The first-order valence-corrected chi connectivity index (χ1v) is 9.75. The predicted molar refractivity (Wildman–Crippen MR) is 114 cm³/mol. The van der Waals surface area contributed by atoms with E-state index in [1.165, 1.54) is 42.5 Å². The molecule has 0 atom stereocenters. The lowest BCUT2D eigenvalue weighted by molar-refractivity contribution is -0.122. The van der Waals surface area contributed by atoms with Gasteiger partial charge in [0, 0.05) is 0 Å². The molecule has 4 amide bonds. The van der Waals surface area contributed by atoms with Gasteiger partial charge in [-0.25, -0.2) is 9.69 Å². The number of barbiturate groups is 1. The molecule has 30 heavy (non-hydrogen) atoms. The average Bonchev–Trinajstić information content (AvgIpc) is 2.65. The lowest BCUT2D eigenvalue weighted by atomic mass is 10.1. The molecule has 2 N–H and O–H groups in total. The van der Waals surface area contributed by atoms with Crippen LogP contribution < -0.4 is 15.0 Å². The Morgan fingerprint density at radius 3 is 2.27 bits per heavy atom. The summed E-state index contributed by atoms with van der Waals surface area (Å²) in [6, 6.07) is 7.55. The van der Waals surface area contributed by atoms with Gasteiger partial charge in [0.25, 0.3) is 11.8 Å². The zero-order valence-electron chi connectivity index (χ0n) is 16.1. The van der Waals surface area contributed by atoms with Crippen molar-refractivity contribution in [2.75, 3.05) is 11.5 Å². The van der Waals surface area contributed by atoms with Crippen molar-refractivity contribution in [3.8, 4) is 11.5 Å². The second-order valence-corrected chi connectivity index (χ2v) is 7.81. The summed E-state index contributed by atoms with van der Waals surface area (Å²) in [4.78, 5) is 38.2. The summed E-state index contributed by atoms with van der Waals surface area (Å²) in [6.45, 7) is 4.38. The first-order valence-electron chi connectivity index (χ1n) is 8.99. The van der Waals surface area contributed by atoms with E-state index in [1.54, 1.807) is 0 Å². The number of imide groups is 2. The molecule has 0 bridgehead atoms. The van der Waals surface area contributed by atoms with Crippen molar-refractivity contribution in [2.45, 2.75) is 13.8 Å². The van der Waals surface area contributed by atoms with Crippen LogP contribution in [0.25, 0.3) is 6.08 Å². The molecule has 2 aromatic rings. The second-order valence-electron chi connectivity index (χ2n) is 6.99. The average molecular weight is 449 g/mol. The standard InChI is InChI=1S/C21H18Cl2N2O5/c1-11(2)10-30-18-16(22)8-12(9-17(18)23)7-15-19(27)24-21(29)25(20(15)28)13-3-5-14(26)6-4-13/h3-9,11,26H,10H2,1-2H3,(H,24,27,29)/b15-7+. The van der Waals surface area contributed by atoms with Crippen LogP contribution in [0.15, 0.2) is 42.0 Å². The van der Waals surface area contributed by atoms with Gasteiger partial charge in [-0.3, -0.25) is 14.9 Å². The maximum Gasteiger partial charge on any atom is 0.335 e. The van der Waals surface area contributed by atoms with Crippen molar-refractivity contribution < 1.29 is 24.2 Å². The summed E-state index contributed by atoms with van der Waals surface area (Å²) in [7, 11) is 0. The van der Waals surface area contributed by atoms with Crippen molar-refractivity contribution in [2.24, 2.45) is 5.92 Å². The Balaban J connectivity index is 1.95. The van der Waals surface area contributed by atoms with Gasteiger partial charge >= 0.3 is 6.03 Å². The molecule has 1 aliphatic heterocycles. The Morgan fingerprint density at radius 2 is 1.70 bits per heavy atom. The van der Waals surface area contributed by atoms with Gasteiger partial charge in [0.05, 0.1) is 22.3 Å². The van der Waals surface area contributed by atoms with Crippen LogP contribution in [0, 0.1) is 5.92 Å². The first kappa shape index (κ1) is 21.7. The Bertz CT molecular complexity index is 1020. The molecule has 0 unspecified atom stereocenters. The monoisotopic (exact) mass is 448 g/mol. The van der Waals surface area contributed by atoms with E-state index in [-0.39, 0.29) is 33.0 Å². The molecule has 0 spiro atoms. The van der Waals surface area contributed by atoms with Crippen LogP contribution in [0.1, 0.15) is 19.4 Å². The number of halogens is 2. The zero-order valence-corrected chi connectivity index (χ0v) is 17.6. The minimum absolute atomic E-state index is 0.0282. The number of phenols is 1. The molecule has 1 aliphatic rings. The molecule has 2 aromatic carbocycles. The van der Waals surface area contributed by atoms with Crippen molar-refractivity contribution in [1.29, 1.82) is 0 Å². The first-order chi connectivity index (χ1) is 14.2. The number of hydrogen-bond donors (Lipinski definition) is 2. The third-order valence-electron chi connectivity index (χ3n) is 4.10. The Kier molecular flexibility index (Phi) is 6.34. The van der Waals surface area contributed by atoms with Crippen LogP contribution in [0.2, 0.25) is 10.0 Å². The Hall–Kier alpha value is -3.03. The molecular weight excluding hydrogens is 431 g/mol. The summed E-state index contributed by atoms with van der Waals surface area (Å²) in [5.74, 6) is -1.10. The molecule has 0 saturated carbocycles. The van der Waals surface area contributed by atoms with Crippen molar-refractivity contribution in [3.05, 3.63) is 57.6 Å². The van der Waals surface area contributed by atoms with Crippen LogP contribution in [-0.4, -0.2) is 29.6 Å². The lowest BCUT2D eigenvalue weighted by Gasteiger charge is -2.26. The summed E-state index contributed by atoms with van der Waals surface area (Å²) in [5.41, 5.74) is 0.313. The van der Waals surface area contributed by atoms with E-state index in [2.05, 4.69) is 5.32 Å². The number of carbonyl (C=O) groups excluding carboxylic acids is 3. The van der Waals surface area contributed by atoms with E-state index in [0.29, 0.717) is 17.9 Å². The number of urea groups is 1. The van der Waals surface area contributed by atoms with E-state index in [1.807, 2.05) is 13.8 Å². The highest BCUT2D eigenvalue weighted by molar-refractivity contribution is 6.40. The van der Waals surface area contributed by atoms with Crippen LogP contribution in [-0.2, 0) is 9.59 Å². The third kappa shape index (κ3) is 4.58. The smallest absolute Gasteiger partial charge is 0.335 e. The maximum absolute atomic E-state index is 12.9. The van der Waals surface area contributed by atoms with E-state index >= 15 is 0 Å². The summed E-state index contributed by atoms with van der Waals surface area (Å²) in [6.07, 6.45) is 1.29. The molecule has 3 rings (SSSR count). The van der Waals surface area contributed by atoms with E-state index in [9.17, 15) is 19.5 Å². The molecule has 7 nitrogen and oxygen atoms in total. The van der Waals surface area contributed by atoms with Gasteiger partial charge in [-0.2, -0.15) is 0 Å². The molecule has 1 heterocycles. The van der Waals surface area contributed by atoms with Crippen molar-refractivity contribution in [1.82, 2.24) is 5.32 Å². The number of hydrogen-bond acceptors (Lipinski definition) is 5. The minimum atomic E-state index is -0.888. The number of phenolic OH excluding ortho intramolecular Hbond substituents is 1. The van der Waals surface area contributed by atoms with E-state index in [4.69, 9.17) is 27.9 Å². The van der Waals surface area contributed by atoms with Crippen LogP contribution in [0.5, 0.6) is 11.5 Å². The van der Waals surface area contributed by atoms with Gasteiger partial charge in [0.2, 0.25) is 0 Å². The van der Waals surface area contributed by atoms with Gasteiger partial charge < -0.3 is 9.84 Å². The van der Waals surface area contributed by atoms with Gasteiger partial charge in [-0.05, 0) is 54.0 Å². The number of ether oxygens (including phenoxy) is 1. The largest absolute Gasteiger partial charge is 0.508 e. The predicted octanol–water partition coefficient (Wildman–Crippen LogP) is 4.40. The zero-order chi connectivity index (χ0) is 22.0. The number of nitrogens with one attached hydrogen (secondary N) is 1. The van der Waals surface area contributed by atoms with Crippen molar-refractivity contribution in [3.63, 3.8) is 0 Å². The fraction of sp³-hybridized carbons (Fsp3) is 0.190.